The number of pyridine rings is 1. The van der Waals surface area contributed by atoms with E-state index in [4.69, 9.17) is 4.74 Å². The third-order valence-corrected chi connectivity index (χ3v) is 5.88. The minimum absolute atomic E-state index is 0.197. The summed E-state index contributed by atoms with van der Waals surface area (Å²) in [6.07, 6.45) is 0. The maximum atomic E-state index is 12.2. The van der Waals surface area contributed by atoms with E-state index in [0.717, 1.165) is 21.5 Å². The largest absolute Gasteiger partial charge is 0.497 e. The molecule has 0 aliphatic heterocycles. The van der Waals surface area contributed by atoms with Gasteiger partial charge in [0.25, 0.3) is 5.91 Å². The summed E-state index contributed by atoms with van der Waals surface area (Å²) in [6.45, 7) is 1.89. The maximum absolute atomic E-state index is 12.2. The summed E-state index contributed by atoms with van der Waals surface area (Å²) in [6, 6.07) is 9.92. The summed E-state index contributed by atoms with van der Waals surface area (Å²) in [5.74, 6) is -0.548. The van der Waals surface area contributed by atoms with E-state index in [0.29, 0.717) is 10.6 Å². The molecule has 0 spiro atoms. The molecule has 3 aromatic rings. The van der Waals surface area contributed by atoms with E-state index in [1.165, 1.54) is 23.1 Å². The molecule has 1 aromatic carbocycles. The number of carbonyl (C=O) groups is 2. The van der Waals surface area contributed by atoms with Gasteiger partial charge in [0.15, 0.2) is 0 Å². The number of carboxylic acid groups (broad SMARTS) is 1. The second-order valence-electron chi connectivity index (χ2n) is 5.80. The van der Waals surface area contributed by atoms with Gasteiger partial charge in [-0.15, -0.1) is 23.1 Å². The average Bonchev–Trinajstić information content (AvgIpc) is 3.19. The van der Waals surface area contributed by atoms with Crippen LogP contribution in [-0.2, 0) is 4.79 Å². The molecular formula is C19H18N2O4S2. The van der Waals surface area contributed by atoms with Crippen LogP contribution in [0.15, 0.2) is 46.7 Å². The Bertz CT molecular complexity index is 973. The minimum atomic E-state index is -1.07. The van der Waals surface area contributed by atoms with Crippen LogP contribution in [0.1, 0.15) is 15.4 Å². The Labute approximate surface area is 164 Å². The van der Waals surface area contributed by atoms with Gasteiger partial charge >= 0.3 is 5.97 Å². The number of amides is 1. The van der Waals surface area contributed by atoms with E-state index in [2.05, 4.69) is 10.3 Å². The fraction of sp³-hybridized carbons (Fsp3) is 0.211. The standard InChI is InChI=1S/C19H18N2O4S2/c1-11-8-17(13-9-12(25-2)5-6-14(13)20-11)27-10-15(19(23)24)21-18(22)16-4-3-7-26-16/h3-9,15H,10H2,1-2H3,(H,21,22)(H,23,24). The van der Waals surface area contributed by atoms with Gasteiger partial charge in [-0.1, -0.05) is 6.07 Å². The zero-order chi connectivity index (χ0) is 19.4. The molecule has 0 bridgehead atoms. The molecule has 6 nitrogen and oxygen atoms in total. The monoisotopic (exact) mass is 402 g/mol. The SMILES string of the molecule is COc1ccc2nc(C)cc(SCC(NC(=O)c3cccs3)C(=O)O)c2c1. The first kappa shape index (κ1) is 19.2. The van der Waals surface area contributed by atoms with E-state index in [9.17, 15) is 14.7 Å². The maximum Gasteiger partial charge on any atom is 0.327 e. The first-order valence-electron chi connectivity index (χ1n) is 8.13. The number of aryl methyl sites for hydroxylation is 1. The fourth-order valence-electron chi connectivity index (χ4n) is 2.53. The third-order valence-electron chi connectivity index (χ3n) is 3.86. The molecular weight excluding hydrogens is 384 g/mol. The lowest BCUT2D eigenvalue weighted by molar-refractivity contribution is -0.138. The van der Waals surface area contributed by atoms with Crippen molar-refractivity contribution < 1.29 is 19.4 Å². The number of methoxy groups -OCH3 is 1. The highest BCUT2D eigenvalue weighted by Crippen LogP contribution is 2.31. The van der Waals surface area contributed by atoms with E-state index < -0.39 is 12.0 Å². The molecule has 140 valence electrons. The lowest BCUT2D eigenvalue weighted by Crippen LogP contribution is -2.42. The molecule has 0 saturated carbocycles. The summed E-state index contributed by atoms with van der Waals surface area (Å²) in [5, 5.41) is 14.7. The first-order chi connectivity index (χ1) is 13.0. The summed E-state index contributed by atoms with van der Waals surface area (Å²) in [7, 11) is 1.59. The summed E-state index contributed by atoms with van der Waals surface area (Å²) >= 11 is 2.64. The number of carboxylic acids is 1. The van der Waals surface area contributed by atoms with Gasteiger partial charge in [-0.2, -0.15) is 0 Å². The summed E-state index contributed by atoms with van der Waals surface area (Å²) in [5.41, 5.74) is 1.65. The Morgan fingerprint density at radius 1 is 1.33 bits per heavy atom. The van der Waals surface area contributed by atoms with Crippen molar-refractivity contribution in [1.82, 2.24) is 10.3 Å². The number of thioether (sulfide) groups is 1. The van der Waals surface area contributed by atoms with Gasteiger partial charge in [-0.25, -0.2) is 4.79 Å². The number of nitrogens with one attached hydrogen (secondary N) is 1. The molecule has 2 N–H and O–H groups in total. The predicted octanol–water partition coefficient (Wildman–Crippen LogP) is 3.59. The van der Waals surface area contributed by atoms with Crippen LogP contribution in [0.5, 0.6) is 5.75 Å². The number of fused-ring (bicyclic) bond motifs is 1. The van der Waals surface area contributed by atoms with Crippen molar-refractivity contribution >= 4 is 45.9 Å². The van der Waals surface area contributed by atoms with Crippen LogP contribution < -0.4 is 10.1 Å². The van der Waals surface area contributed by atoms with Crippen LogP contribution in [0.4, 0.5) is 0 Å². The van der Waals surface area contributed by atoms with Crippen molar-refractivity contribution in [3.63, 3.8) is 0 Å². The zero-order valence-corrected chi connectivity index (χ0v) is 16.4. The molecule has 0 aliphatic rings. The molecule has 1 unspecified atom stereocenters. The number of hydrogen-bond donors (Lipinski definition) is 2. The second-order valence-corrected chi connectivity index (χ2v) is 7.81. The number of ether oxygens (including phenoxy) is 1. The van der Waals surface area contributed by atoms with Gasteiger partial charge in [0, 0.05) is 21.7 Å². The number of carbonyl (C=O) groups excluding carboxylic acids is 1. The molecule has 0 fully saturated rings. The number of thiophene rings is 1. The zero-order valence-electron chi connectivity index (χ0n) is 14.8. The van der Waals surface area contributed by atoms with E-state index in [-0.39, 0.29) is 11.7 Å². The van der Waals surface area contributed by atoms with Gasteiger partial charge in [0.05, 0.1) is 17.5 Å². The van der Waals surface area contributed by atoms with E-state index >= 15 is 0 Å². The number of aliphatic carboxylic acids is 1. The minimum Gasteiger partial charge on any atom is -0.497 e. The van der Waals surface area contributed by atoms with Crippen molar-refractivity contribution in [2.24, 2.45) is 0 Å². The quantitative estimate of drug-likeness (QED) is 0.587. The Kier molecular flexibility index (Phi) is 5.98. The van der Waals surface area contributed by atoms with Crippen LogP contribution in [0.2, 0.25) is 0 Å². The lowest BCUT2D eigenvalue weighted by atomic mass is 10.2. The van der Waals surface area contributed by atoms with Crippen LogP contribution >= 0.6 is 23.1 Å². The average molecular weight is 402 g/mol. The first-order valence-corrected chi connectivity index (χ1v) is 10.00. The van der Waals surface area contributed by atoms with Crippen molar-refractivity contribution in [2.75, 3.05) is 12.9 Å². The van der Waals surface area contributed by atoms with Crippen molar-refractivity contribution in [3.05, 3.63) is 52.3 Å². The summed E-state index contributed by atoms with van der Waals surface area (Å²) in [4.78, 5) is 29.7. The van der Waals surface area contributed by atoms with E-state index in [1.54, 1.807) is 24.6 Å². The molecule has 2 heterocycles. The topological polar surface area (TPSA) is 88.5 Å². The molecule has 1 atom stereocenters. The fourth-order valence-corrected chi connectivity index (χ4v) is 4.30. The van der Waals surface area contributed by atoms with Gasteiger partial charge in [0.2, 0.25) is 0 Å². The van der Waals surface area contributed by atoms with E-state index in [1.807, 2.05) is 31.2 Å². The van der Waals surface area contributed by atoms with Crippen LogP contribution in [0.3, 0.4) is 0 Å². The van der Waals surface area contributed by atoms with Crippen LogP contribution in [0, 0.1) is 6.92 Å². The molecule has 0 radical (unpaired) electrons. The number of benzene rings is 1. The van der Waals surface area contributed by atoms with Crippen LogP contribution in [-0.4, -0.2) is 40.9 Å². The molecule has 0 aliphatic carbocycles. The molecule has 0 saturated heterocycles. The highest BCUT2D eigenvalue weighted by molar-refractivity contribution is 7.99. The Hall–Kier alpha value is -2.58. The molecule has 27 heavy (non-hydrogen) atoms. The molecule has 2 aromatic heterocycles. The van der Waals surface area contributed by atoms with Gasteiger partial charge in [-0.3, -0.25) is 9.78 Å². The Morgan fingerprint density at radius 3 is 2.81 bits per heavy atom. The van der Waals surface area contributed by atoms with Crippen molar-refractivity contribution in [2.45, 2.75) is 17.9 Å². The van der Waals surface area contributed by atoms with Gasteiger partial charge < -0.3 is 15.2 Å². The van der Waals surface area contributed by atoms with Gasteiger partial charge in [-0.05, 0) is 42.6 Å². The second kappa shape index (κ2) is 8.41. The Morgan fingerprint density at radius 2 is 2.15 bits per heavy atom. The number of nitrogens with zero attached hydrogens (tertiary/aromatic N) is 1. The van der Waals surface area contributed by atoms with Crippen molar-refractivity contribution in [3.8, 4) is 5.75 Å². The number of hydrogen-bond acceptors (Lipinski definition) is 6. The highest BCUT2D eigenvalue weighted by Gasteiger charge is 2.22. The number of aromatic nitrogens is 1. The van der Waals surface area contributed by atoms with Crippen molar-refractivity contribution in [1.29, 1.82) is 0 Å². The third kappa shape index (κ3) is 4.58. The smallest absolute Gasteiger partial charge is 0.327 e. The van der Waals surface area contributed by atoms with Gasteiger partial charge in [0.1, 0.15) is 11.8 Å². The molecule has 8 heteroatoms. The predicted molar refractivity (Wildman–Crippen MR) is 107 cm³/mol. The highest BCUT2D eigenvalue weighted by atomic mass is 32.2. The lowest BCUT2D eigenvalue weighted by Gasteiger charge is -2.15. The number of rotatable bonds is 7. The molecule has 3 rings (SSSR count). The Balaban J connectivity index is 1.80. The normalized spacial score (nSPS) is 11.9. The summed E-state index contributed by atoms with van der Waals surface area (Å²) < 4.78 is 5.28. The van der Waals surface area contributed by atoms with Crippen LogP contribution in [0.25, 0.3) is 10.9 Å². The molecule has 1 amide bonds.